The monoisotopic (exact) mass is 386 g/mol. The summed E-state index contributed by atoms with van der Waals surface area (Å²) in [4.78, 5) is 22.9. The first-order chi connectivity index (χ1) is 11.3. The minimum absolute atomic E-state index is 0.0262. The van der Waals surface area contributed by atoms with E-state index in [1.54, 1.807) is 0 Å². The molecule has 2 aromatic carbocycles. The van der Waals surface area contributed by atoms with Crippen molar-refractivity contribution < 1.29 is 19.1 Å². The molecule has 0 unspecified atom stereocenters. The zero-order valence-corrected chi connectivity index (χ0v) is 14.1. The summed E-state index contributed by atoms with van der Waals surface area (Å²) in [5.74, 6) is -2.20. The van der Waals surface area contributed by atoms with Crippen LogP contribution in [0.2, 0.25) is 10.0 Å². The Bertz CT molecular complexity index is 805. The molecule has 2 aromatic rings. The second kappa shape index (κ2) is 7.57. The van der Waals surface area contributed by atoms with E-state index in [0.717, 1.165) is 12.1 Å². The van der Waals surface area contributed by atoms with Crippen LogP contribution in [0, 0.1) is 5.82 Å². The van der Waals surface area contributed by atoms with Crippen molar-refractivity contribution in [2.24, 2.45) is 0 Å². The van der Waals surface area contributed by atoms with E-state index in [9.17, 15) is 14.0 Å². The van der Waals surface area contributed by atoms with Gasteiger partial charge in [-0.3, -0.25) is 10.1 Å². The molecule has 0 aliphatic rings. The molecule has 3 N–H and O–H groups in total. The number of hydrogen-bond acceptors (Lipinski definition) is 3. The van der Waals surface area contributed by atoms with Crippen LogP contribution in [0.25, 0.3) is 0 Å². The molecule has 0 saturated heterocycles. The molecule has 5 nitrogen and oxygen atoms in total. The molecule has 0 atom stereocenters. The second-order valence-corrected chi connectivity index (χ2v) is 5.76. The van der Waals surface area contributed by atoms with Crippen molar-refractivity contribution in [3.8, 4) is 0 Å². The molecule has 24 heavy (non-hydrogen) atoms. The lowest BCUT2D eigenvalue weighted by Crippen LogP contribution is -2.34. The molecular weight excluding hydrogens is 378 g/mol. The molecule has 0 aliphatic heterocycles. The van der Waals surface area contributed by atoms with Crippen LogP contribution in [0.1, 0.15) is 20.7 Å². The predicted molar refractivity (Wildman–Crippen MR) is 93.5 cm³/mol. The van der Waals surface area contributed by atoms with E-state index in [0.29, 0.717) is 0 Å². The number of aromatic carboxylic acids is 1. The highest BCUT2D eigenvalue weighted by atomic mass is 35.5. The van der Waals surface area contributed by atoms with Gasteiger partial charge in [-0.2, -0.15) is 0 Å². The highest BCUT2D eigenvalue weighted by Crippen LogP contribution is 2.31. The standard InChI is InChI=1S/C15H9Cl2FN2O3S/c16-10-5-8(14(22)23)6-11(17)12(10)19-15(24)20-13(21)7-1-3-9(18)4-2-7/h1-6H,(H,22,23)(H2,19,20,21,24). The van der Waals surface area contributed by atoms with Gasteiger partial charge in [0.2, 0.25) is 0 Å². The van der Waals surface area contributed by atoms with Gasteiger partial charge in [-0.15, -0.1) is 0 Å². The van der Waals surface area contributed by atoms with Crippen molar-refractivity contribution in [1.82, 2.24) is 5.32 Å². The van der Waals surface area contributed by atoms with Crippen LogP contribution >= 0.6 is 35.4 Å². The molecular formula is C15H9Cl2FN2O3S. The van der Waals surface area contributed by atoms with E-state index in [4.69, 9.17) is 40.5 Å². The van der Waals surface area contributed by atoms with Gasteiger partial charge >= 0.3 is 5.97 Å². The summed E-state index contributed by atoms with van der Waals surface area (Å²) in [7, 11) is 0. The van der Waals surface area contributed by atoms with E-state index in [1.165, 1.54) is 24.3 Å². The zero-order valence-electron chi connectivity index (χ0n) is 11.8. The topological polar surface area (TPSA) is 78.4 Å². The molecule has 124 valence electrons. The summed E-state index contributed by atoms with van der Waals surface area (Å²) in [6.45, 7) is 0. The summed E-state index contributed by atoms with van der Waals surface area (Å²) in [5, 5.41) is 13.9. The lowest BCUT2D eigenvalue weighted by atomic mass is 10.2. The summed E-state index contributed by atoms with van der Waals surface area (Å²) < 4.78 is 12.8. The fourth-order valence-corrected chi connectivity index (χ4v) is 2.51. The van der Waals surface area contributed by atoms with Crippen molar-refractivity contribution in [1.29, 1.82) is 0 Å². The van der Waals surface area contributed by atoms with Crippen molar-refractivity contribution in [2.45, 2.75) is 0 Å². The van der Waals surface area contributed by atoms with Crippen LogP contribution in [0.15, 0.2) is 36.4 Å². The first-order valence-electron chi connectivity index (χ1n) is 6.38. The average molecular weight is 387 g/mol. The number of hydrogen-bond donors (Lipinski definition) is 3. The normalized spacial score (nSPS) is 10.1. The maximum absolute atomic E-state index is 12.8. The Balaban J connectivity index is 2.11. The SMILES string of the molecule is O=C(O)c1cc(Cl)c(NC(=S)NC(=O)c2ccc(F)cc2)c(Cl)c1. The number of carboxylic acid groups (broad SMARTS) is 1. The summed E-state index contributed by atoms with van der Waals surface area (Å²) in [6.07, 6.45) is 0. The number of carbonyl (C=O) groups excluding carboxylic acids is 1. The van der Waals surface area contributed by atoms with Crippen LogP contribution in [0.4, 0.5) is 10.1 Å². The minimum atomic E-state index is -1.18. The molecule has 2 rings (SSSR count). The number of halogens is 3. The lowest BCUT2D eigenvalue weighted by molar-refractivity contribution is 0.0696. The number of rotatable bonds is 3. The van der Waals surface area contributed by atoms with E-state index >= 15 is 0 Å². The third-order valence-corrected chi connectivity index (χ3v) is 3.66. The Morgan fingerprint density at radius 1 is 1.04 bits per heavy atom. The smallest absolute Gasteiger partial charge is 0.335 e. The molecule has 1 amide bonds. The molecule has 0 fully saturated rings. The molecule has 0 aromatic heterocycles. The van der Waals surface area contributed by atoms with Gasteiger partial charge in [-0.1, -0.05) is 23.2 Å². The van der Waals surface area contributed by atoms with Gasteiger partial charge < -0.3 is 10.4 Å². The van der Waals surface area contributed by atoms with Crippen LogP contribution in [-0.2, 0) is 0 Å². The highest BCUT2D eigenvalue weighted by Gasteiger charge is 2.14. The number of nitrogens with one attached hydrogen (secondary N) is 2. The maximum Gasteiger partial charge on any atom is 0.335 e. The molecule has 0 radical (unpaired) electrons. The fourth-order valence-electron chi connectivity index (χ4n) is 1.74. The van der Waals surface area contributed by atoms with Crippen LogP contribution in [0.3, 0.4) is 0 Å². The minimum Gasteiger partial charge on any atom is -0.478 e. The number of carboxylic acids is 1. The summed E-state index contributed by atoms with van der Waals surface area (Å²) >= 11 is 16.9. The Labute approximate surface area is 151 Å². The number of carbonyl (C=O) groups is 2. The Morgan fingerprint density at radius 3 is 2.08 bits per heavy atom. The molecule has 0 spiro atoms. The van der Waals surface area contributed by atoms with E-state index in [1.807, 2.05) is 0 Å². The zero-order chi connectivity index (χ0) is 17.9. The lowest BCUT2D eigenvalue weighted by Gasteiger charge is -2.13. The van der Waals surface area contributed by atoms with Gasteiger partial charge in [-0.05, 0) is 48.6 Å². The van der Waals surface area contributed by atoms with Crippen molar-refractivity contribution >= 4 is 58.1 Å². The Hall–Kier alpha value is -2.22. The third kappa shape index (κ3) is 4.41. The molecule has 0 bridgehead atoms. The number of amides is 1. The van der Waals surface area contributed by atoms with Crippen molar-refractivity contribution in [3.63, 3.8) is 0 Å². The highest BCUT2D eigenvalue weighted by molar-refractivity contribution is 7.80. The van der Waals surface area contributed by atoms with Crippen LogP contribution in [0.5, 0.6) is 0 Å². The average Bonchev–Trinajstić information content (AvgIpc) is 2.51. The third-order valence-electron chi connectivity index (χ3n) is 2.86. The van der Waals surface area contributed by atoms with E-state index < -0.39 is 17.7 Å². The first kappa shape index (κ1) is 18.1. The molecule has 0 saturated carbocycles. The Morgan fingerprint density at radius 2 is 1.58 bits per heavy atom. The van der Waals surface area contributed by atoms with Gasteiger partial charge in [-0.25, -0.2) is 9.18 Å². The van der Waals surface area contributed by atoms with Gasteiger partial charge in [0, 0.05) is 5.56 Å². The fraction of sp³-hybridized carbons (Fsp3) is 0. The van der Waals surface area contributed by atoms with Crippen molar-refractivity contribution in [2.75, 3.05) is 5.32 Å². The second-order valence-electron chi connectivity index (χ2n) is 4.54. The number of thiocarbonyl (C=S) groups is 1. The van der Waals surface area contributed by atoms with Gasteiger partial charge in [0.1, 0.15) is 5.82 Å². The van der Waals surface area contributed by atoms with Crippen LogP contribution in [-0.4, -0.2) is 22.1 Å². The van der Waals surface area contributed by atoms with Gasteiger partial charge in [0.05, 0.1) is 21.3 Å². The largest absolute Gasteiger partial charge is 0.478 e. The summed E-state index contributed by atoms with van der Waals surface area (Å²) in [5.41, 5.74) is 0.281. The van der Waals surface area contributed by atoms with Crippen LogP contribution < -0.4 is 10.6 Å². The Kier molecular flexibility index (Phi) is 5.71. The quantitative estimate of drug-likeness (QED) is 0.695. The van der Waals surface area contributed by atoms with E-state index in [2.05, 4.69) is 10.6 Å². The molecule has 0 aliphatic carbocycles. The molecule has 0 heterocycles. The van der Waals surface area contributed by atoms with Crippen molar-refractivity contribution in [3.05, 3.63) is 63.4 Å². The number of anilines is 1. The first-order valence-corrected chi connectivity index (χ1v) is 7.54. The number of benzene rings is 2. The van der Waals surface area contributed by atoms with Gasteiger partial charge in [0.25, 0.3) is 5.91 Å². The molecule has 9 heteroatoms. The summed E-state index contributed by atoms with van der Waals surface area (Å²) in [6, 6.07) is 7.28. The van der Waals surface area contributed by atoms with E-state index in [-0.39, 0.29) is 32.0 Å². The predicted octanol–water partition coefficient (Wildman–Crippen LogP) is 3.96. The maximum atomic E-state index is 12.8. The van der Waals surface area contributed by atoms with Gasteiger partial charge in [0.15, 0.2) is 5.11 Å².